The van der Waals surface area contributed by atoms with Gasteiger partial charge in [-0.15, -0.1) is 0 Å². The van der Waals surface area contributed by atoms with Crippen molar-refractivity contribution in [1.29, 1.82) is 0 Å². The van der Waals surface area contributed by atoms with Crippen molar-refractivity contribution in [3.05, 3.63) is 24.5 Å². The Morgan fingerprint density at radius 3 is 2.23 bits per heavy atom. The minimum atomic E-state index is 0. The Morgan fingerprint density at radius 1 is 1.15 bits per heavy atom. The Bertz CT molecular complexity index is 252. The monoisotopic (exact) mass is 180 g/mol. The Balaban J connectivity index is 0.000000845. The van der Waals surface area contributed by atoms with Crippen molar-refractivity contribution in [2.45, 2.75) is 12.8 Å². The molecule has 1 aliphatic heterocycles. The highest BCUT2D eigenvalue weighted by Gasteiger charge is 2.12. The number of pyridine rings is 1. The van der Waals surface area contributed by atoms with Gasteiger partial charge in [-0.25, -0.2) is 4.57 Å². The van der Waals surface area contributed by atoms with Gasteiger partial charge in [0.15, 0.2) is 12.4 Å². The Labute approximate surface area is 78.9 Å². The summed E-state index contributed by atoms with van der Waals surface area (Å²) in [7, 11) is 2.05. The Morgan fingerprint density at radius 2 is 1.69 bits per heavy atom. The molecule has 2 rings (SSSR count). The average molecular weight is 180 g/mol. The minimum absolute atomic E-state index is 0. The first kappa shape index (κ1) is 9.99. The van der Waals surface area contributed by atoms with Crippen LogP contribution in [0.25, 0.3) is 0 Å². The van der Waals surface area contributed by atoms with Crippen LogP contribution in [0.2, 0.25) is 0 Å². The van der Waals surface area contributed by atoms with Gasteiger partial charge in [-0.1, -0.05) is 0 Å². The van der Waals surface area contributed by atoms with Crippen LogP contribution in [-0.4, -0.2) is 18.6 Å². The number of aryl methyl sites for hydroxylation is 1. The van der Waals surface area contributed by atoms with Gasteiger partial charge >= 0.3 is 0 Å². The van der Waals surface area contributed by atoms with E-state index >= 15 is 0 Å². The molecule has 1 saturated heterocycles. The highest BCUT2D eigenvalue weighted by molar-refractivity contribution is 5.44. The van der Waals surface area contributed by atoms with Crippen molar-refractivity contribution in [2.24, 2.45) is 7.05 Å². The third-order valence-electron chi connectivity index (χ3n) is 2.43. The van der Waals surface area contributed by atoms with E-state index in [-0.39, 0.29) is 5.48 Å². The molecule has 0 bridgehead atoms. The fourth-order valence-electron chi connectivity index (χ4n) is 1.68. The van der Waals surface area contributed by atoms with Crippen LogP contribution in [0.15, 0.2) is 24.5 Å². The maximum absolute atomic E-state index is 2.44. The van der Waals surface area contributed by atoms with E-state index < -0.39 is 0 Å². The second-order valence-electron chi connectivity index (χ2n) is 3.42. The summed E-state index contributed by atoms with van der Waals surface area (Å²) >= 11 is 0. The number of aromatic nitrogens is 1. The van der Waals surface area contributed by atoms with E-state index in [1.807, 2.05) is 7.05 Å². The molecule has 0 atom stereocenters. The van der Waals surface area contributed by atoms with E-state index in [4.69, 9.17) is 0 Å². The average Bonchev–Trinajstić information content (AvgIpc) is 2.58. The minimum Gasteiger partial charge on any atom is -0.870 e. The molecule has 0 aromatic carbocycles. The number of hydrogen-bond acceptors (Lipinski definition) is 2. The molecule has 0 saturated carbocycles. The van der Waals surface area contributed by atoms with Gasteiger partial charge in [0.25, 0.3) is 0 Å². The summed E-state index contributed by atoms with van der Waals surface area (Å²) in [5, 5.41) is 0. The zero-order valence-corrected chi connectivity index (χ0v) is 7.98. The van der Waals surface area contributed by atoms with Crippen LogP contribution < -0.4 is 9.47 Å². The van der Waals surface area contributed by atoms with Crippen molar-refractivity contribution >= 4 is 5.69 Å². The van der Waals surface area contributed by atoms with Gasteiger partial charge in [0.05, 0.1) is 0 Å². The zero-order chi connectivity index (χ0) is 8.39. The molecular formula is C10H16N2O. The standard InChI is InChI=1S/C10H15N2.H2O/c1-11-8-4-10(5-9-11)12-6-2-3-7-12;/h4-5,8-9H,2-3,6-7H2,1H3;1H2/q+1;/p-1. The molecule has 1 N–H and O–H groups in total. The maximum atomic E-state index is 2.44. The molecule has 0 spiro atoms. The molecule has 2 heterocycles. The third kappa shape index (κ3) is 2.18. The fourth-order valence-corrected chi connectivity index (χ4v) is 1.68. The molecule has 3 heteroatoms. The summed E-state index contributed by atoms with van der Waals surface area (Å²) in [6, 6.07) is 4.37. The largest absolute Gasteiger partial charge is 0.870 e. The van der Waals surface area contributed by atoms with Crippen molar-refractivity contribution in [2.75, 3.05) is 18.0 Å². The molecule has 1 fully saturated rings. The van der Waals surface area contributed by atoms with E-state index in [2.05, 4.69) is 34.0 Å². The molecule has 0 unspecified atom stereocenters. The number of nitrogens with zero attached hydrogens (tertiary/aromatic N) is 2. The predicted octanol–water partition coefficient (Wildman–Crippen LogP) is 0.934. The number of hydrogen-bond donors (Lipinski definition) is 0. The summed E-state index contributed by atoms with van der Waals surface area (Å²) in [5.41, 5.74) is 1.37. The molecule has 72 valence electrons. The molecule has 0 radical (unpaired) electrons. The van der Waals surface area contributed by atoms with Crippen LogP contribution in [-0.2, 0) is 7.05 Å². The first-order valence-corrected chi connectivity index (χ1v) is 4.56. The molecule has 1 aliphatic rings. The molecule has 0 amide bonds. The molecule has 1 aromatic rings. The normalized spacial score (nSPS) is 15.6. The van der Waals surface area contributed by atoms with Crippen molar-refractivity contribution in [3.8, 4) is 0 Å². The molecule has 0 aliphatic carbocycles. The first-order valence-electron chi connectivity index (χ1n) is 4.56. The van der Waals surface area contributed by atoms with E-state index in [9.17, 15) is 0 Å². The lowest BCUT2D eigenvalue weighted by atomic mass is 10.3. The van der Waals surface area contributed by atoms with Gasteiger partial charge in [-0.3, -0.25) is 0 Å². The van der Waals surface area contributed by atoms with Crippen molar-refractivity contribution in [1.82, 2.24) is 0 Å². The second kappa shape index (κ2) is 4.23. The van der Waals surface area contributed by atoms with Gasteiger partial charge in [0, 0.05) is 30.9 Å². The van der Waals surface area contributed by atoms with Crippen molar-refractivity contribution < 1.29 is 10.0 Å². The predicted molar refractivity (Wildman–Crippen MR) is 51.0 cm³/mol. The number of anilines is 1. The van der Waals surface area contributed by atoms with Gasteiger partial charge in [0.2, 0.25) is 0 Å². The molecule has 1 aromatic heterocycles. The summed E-state index contributed by atoms with van der Waals surface area (Å²) < 4.78 is 2.07. The molecule has 13 heavy (non-hydrogen) atoms. The molecular weight excluding hydrogens is 164 g/mol. The summed E-state index contributed by atoms with van der Waals surface area (Å²) in [6.07, 6.45) is 6.91. The summed E-state index contributed by atoms with van der Waals surface area (Å²) in [4.78, 5) is 2.44. The highest BCUT2D eigenvalue weighted by Crippen LogP contribution is 2.17. The Kier molecular flexibility index (Phi) is 3.25. The lowest BCUT2D eigenvalue weighted by Crippen LogP contribution is -2.27. The van der Waals surface area contributed by atoms with E-state index in [0.717, 1.165) is 0 Å². The zero-order valence-electron chi connectivity index (χ0n) is 7.98. The fraction of sp³-hybridized carbons (Fsp3) is 0.500. The highest BCUT2D eigenvalue weighted by atomic mass is 16.0. The van der Waals surface area contributed by atoms with Crippen LogP contribution in [0.3, 0.4) is 0 Å². The van der Waals surface area contributed by atoms with Crippen molar-refractivity contribution in [3.63, 3.8) is 0 Å². The third-order valence-corrected chi connectivity index (χ3v) is 2.43. The van der Waals surface area contributed by atoms with E-state index in [1.165, 1.54) is 31.6 Å². The van der Waals surface area contributed by atoms with Gasteiger partial charge in [-0.2, -0.15) is 0 Å². The van der Waals surface area contributed by atoms with Gasteiger partial charge in [-0.05, 0) is 12.8 Å². The van der Waals surface area contributed by atoms with Gasteiger partial charge < -0.3 is 10.4 Å². The van der Waals surface area contributed by atoms with Crippen LogP contribution in [0, 0.1) is 0 Å². The van der Waals surface area contributed by atoms with Crippen LogP contribution in [0.1, 0.15) is 12.8 Å². The molecule has 3 nitrogen and oxygen atoms in total. The second-order valence-corrected chi connectivity index (χ2v) is 3.42. The quantitative estimate of drug-likeness (QED) is 0.603. The van der Waals surface area contributed by atoms with Crippen LogP contribution in [0.4, 0.5) is 5.69 Å². The Hall–Kier alpha value is -1.09. The van der Waals surface area contributed by atoms with Crippen LogP contribution in [0.5, 0.6) is 0 Å². The number of rotatable bonds is 1. The van der Waals surface area contributed by atoms with E-state index in [0.29, 0.717) is 0 Å². The summed E-state index contributed by atoms with van der Waals surface area (Å²) in [6.45, 7) is 2.46. The SMILES string of the molecule is C[n+]1ccc(N2CCCC2)cc1.[OH-]. The lowest BCUT2D eigenvalue weighted by molar-refractivity contribution is -0.671. The first-order chi connectivity index (χ1) is 5.86. The van der Waals surface area contributed by atoms with Gasteiger partial charge in [0.1, 0.15) is 7.05 Å². The van der Waals surface area contributed by atoms with Crippen LogP contribution >= 0.6 is 0 Å². The topological polar surface area (TPSA) is 37.1 Å². The summed E-state index contributed by atoms with van der Waals surface area (Å²) in [5.74, 6) is 0. The van der Waals surface area contributed by atoms with E-state index in [1.54, 1.807) is 0 Å². The maximum Gasteiger partial charge on any atom is 0.170 e. The lowest BCUT2D eigenvalue weighted by Gasteiger charge is -2.15. The smallest absolute Gasteiger partial charge is 0.170 e.